The Labute approximate surface area is 223 Å². The summed E-state index contributed by atoms with van der Waals surface area (Å²) in [6.07, 6.45) is 3.67. The monoisotopic (exact) mass is 541 g/mol. The number of carbonyl (C=O) groups is 2. The van der Waals surface area contributed by atoms with Gasteiger partial charge in [-0.25, -0.2) is 0 Å². The Morgan fingerprint density at radius 1 is 1.18 bits per heavy atom. The van der Waals surface area contributed by atoms with Gasteiger partial charge in [0.2, 0.25) is 5.91 Å². The maximum absolute atomic E-state index is 12.3. The molecule has 0 aromatic rings. The number of hydrogen-bond donors (Lipinski definition) is 6. The number of nitrogens with one attached hydrogen (secondary N) is 1. The zero-order chi connectivity index (χ0) is 28.8. The number of hydrogen-bond acceptors (Lipinski definition) is 10. The number of allylic oxidation sites excluding steroid dienone is 2. The van der Waals surface area contributed by atoms with Crippen LogP contribution in [0.4, 0.5) is 0 Å². The number of carbonyl (C=O) groups excluding carboxylic acids is 2. The average Bonchev–Trinajstić information content (AvgIpc) is 2.83. The number of aliphatic hydroxyl groups excluding tert-OH is 3. The third-order valence-electron chi connectivity index (χ3n) is 7.07. The molecule has 0 spiro atoms. The van der Waals surface area contributed by atoms with Crippen LogP contribution in [0.3, 0.4) is 0 Å². The Balaban J connectivity index is 1.93. The summed E-state index contributed by atoms with van der Waals surface area (Å²) in [5.74, 6) is -2.73. The van der Waals surface area contributed by atoms with Crippen LogP contribution in [0.25, 0.3) is 0 Å². The fourth-order valence-corrected chi connectivity index (χ4v) is 4.72. The summed E-state index contributed by atoms with van der Waals surface area (Å²) in [5.41, 5.74) is -1.54. The highest BCUT2D eigenvalue weighted by atomic mass is 16.7. The van der Waals surface area contributed by atoms with Gasteiger partial charge in [-0.1, -0.05) is 30.7 Å². The molecule has 0 aliphatic carbocycles. The quantitative estimate of drug-likeness (QED) is 0.135. The van der Waals surface area contributed by atoms with Crippen LogP contribution in [0.5, 0.6) is 0 Å². The Morgan fingerprint density at radius 3 is 2.45 bits per heavy atom. The third-order valence-corrected chi connectivity index (χ3v) is 7.07. The van der Waals surface area contributed by atoms with E-state index in [1.54, 1.807) is 13.0 Å². The first-order chi connectivity index (χ1) is 17.6. The molecule has 2 fully saturated rings. The van der Waals surface area contributed by atoms with E-state index >= 15 is 0 Å². The Hall–Kier alpha value is -2.12. The summed E-state index contributed by atoms with van der Waals surface area (Å²) >= 11 is 0. The first-order valence-electron chi connectivity index (χ1n) is 12.9. The summed E-state index contributed by atoms with van der Waals surface area (Å²) in [5, 5.41) is 53.7. The Bertz CT molecular complexity index is 916. The first-order valence-corrected chi connectivity index (χ1v) is 12.9. The molecule has 0 saturated carbocycles. The molecule has 2 rings (SSSR count). The largest absolute Gasteiger partial charge is 0.459 e. The number of amides is 1. The van der Waals surface area contributed by atoms with Gasteiger partial charge in [0.05, 0.1) is 24.9 Å². The second-order valence-corrected chi connectivity index (χ2v) is 10.6. The highest BCUT2D eigenvalue weighted by molar-refractivity contribution is 5.87. The molecule has 2 aliphatic heterocycles. The van der Waals surface area contributed by atoms with Gasteiger partial charge in [0.15, 0.2) is 5.79 Å². The highest BCUT2D eigenvalue weighted by Gasteiger charge is 2.58. The van der Waals surface area contributed by atoms with Crippen LogP contribution < -0.4 is 5.32 Å². The average molecular weight is 542 g/mol. The summed E-state index contributed by atoms with van der Waals surface area (Å²) in [6.45, 7) is 8.93. The van der Waals surface area contributed by atoms with Crippen LogP contribution in [0.15, 0.2) is 36.0 Å². The van der Waals surface area contributed by atoms with Gasteiger partial charge < -0.3 is 45.1 Å². The van der Waals surface area contributed by atoms with Gasteiger partial charge in [-0.15, -0.1) is 0 Å². The van der Waals surface area contributed by atoms with Gasteiger partial charge in [0.25, 0.3) is 0 Å². The van der Waals surface area contributed by atoms with Crippen LogP contribution in [0, 0.1) is 5.92 Å². The minimum atomic E-state index is -2.35. The lowest BCUT2D eigenvalue weighted by Crippen LogP contribution is -2.71. The molecular formula is C27H43NO10. The molecule has 6 N–H and O–H groups in total. The van der Waals surface area contributed by atoms with E-state index in [-0.39, 0.29) is 30.1 Å². The van der Waals surface area contributed by atoms with Crippen LogP contribution in [0.2, 0.25) is 0 Å². The topological polar surface area (TPSA) is 175 Å². The van der Waals surface area contributed by atoms with Crippen molar-refractivity contribution in [2.45, 2.75) is 108 Å². The molecule has 4 unspecified atom stereocenters. The molecule has 0 bridgehead atoms. The van der Waals surface area contributed by atoms with E-state index in [0.29, 0.717) is 12.8 Å². The predicted octanol–water partition coefficient (Wildman–Crippen LogP) is 0.238. The number of ether oxygens (including phenoxy) is 3. The lowest BCUT2D eigenvalue weighted by molar-refractivity contribution is -0.362. The second-order valence-electron chi connectivity index (χ2n) is 10.6. The highest BCUT2D eigenvalue weighted by Crippen LogP contribution is 2.35. The molecule has 0 aromatic carbocycles. The smallest absolute Gasteiger partial charge is 0.303 e. The van der Waals surface area contributed by atoms with Crippen LogP contribution >= 0.6 is 0 Å². The van der Waals surface area contributed by atoms with Crippen molar-refractivity contribution in [2.24, 2.45) is 5.92 Å². The molecular weight excluding hydrogens is 498 g/mol. The number of aliphatic hydroxyl groups is 5. The van der Waals surface area contributed by atoms with E-state index in [1.165, 1.54) is 25.2 Å². The minimum Gasteiger partial charge on any atom is -0.459 e. The van der Waals surface area contributed by atoms with Crippen molar-refractivity contribution < 1.29 is 49.3 Å². The first kappa shape index (κ1) is 32.1. The summed E-state index contributed by atoms with van der Waals surface area (Å²) in [6, 6.07) is -0.175. The van der Waals surface area contributed by atoms with Crippen molar-refractivity contribution in [1.29, 1.82) is 0 Å². The fraction of sp³-hybridized carbons (Fsp3) is 0.704. The van der Waals surface area contributed by atoms with Crippen LogP contribution in [0.1, 0.15) is 54.4 Å². The van der Waals surface area contributed by atoms with E-state index in [4.69, 9.17) is 14.2 Å². The molecule has 2 aliphatic rings. The summed E-state index contributed by atoms with van der Waals surface area (Å²) in [7, 11) is 0. The number of rotatable bonds is 9. The van der Waals surface area contributed by atoms with Gasteiger partial charge >= 0.3 is 5.97 Å². The standard InChI is InChI=1S/C27H43NO10/c1-15(8-11-22-24(32)27(35,14-29)25(33)26(6,34)38-22)7-10-21-16(2)13-20(18(4)37-21)28-23(31)12-9-17(3)36-19(5)30/h7-9,11-12,16-18,20-22,24-25,29,32-35H,10,13-14H2,1-6H3,(H,28,31)/b11-8+,12-9-,15-7+/t16-,17-,18+,20+,21-,22+,24?,25?,26?,27?/m0/s1. The molecule has 2 saturated heterocycles. The number of esters is 1. The Morgan fingerprint density at radius 2 is 1.84 bits per heavy atom. The third kappa shape index (κ3) is 8.19. The molecule has 0 aromatic heterocycles. The van der Waals surface area contributed by atoms with Crippen molar-refractivity contribution in [3.8, 4) is 0 Å². The molecule has 2 heterocycles. The van der Waals surface area contributed by atoms with Crippen molar-refractivity contribution >= 4 is 11.9 Å². The normalized spacial score (nSPS) is 39.3. The molecule has 11 nitrogen and oxygen atoms in total. The van der Waals surface area contributed by atoms with E-state index in [1.807, 2.05) is 26.8 Å². The molecule has 11 heteroatoms. The fourth-order valence-electron chi connectivity index (χ4n) is 4.72. The molecule has 10 atom stereocenters. The van der Waals surface area contributed by atoms with Crippen LogP contribution in [-0.4, -0.2) is 98.1 Å². The van der Waals surface area contributed by atoms with E-state index in [2.05, 4.69) is 5.32 Å². The maximum Gasteiger partial charge on any atom is 0.303 e. The molecule has 1 amide bonds. The zero-order valence-electron chi connectivity index (χ0n) is 22.9. The SMILES string of the molecule is CC(=O)O[C@@H](C)/C=C\C(=O)N[C@@H]1C[C@H](C)[C@H](C/C=C(C)/C=C/[C@H]2OC(C)(O)C(O)C(O)(CO)C2O)O[C@@H]1C. The van der Waals surface area contributed by atoms with Gasteiger partial charge in [-0.2, -0.15) is 0 Å². The van der Waals surface area contributed by atoms with Gasteiger partial charge in [0, 0.05) is 13.0 Å². The zero-order valence-corrected chi connectivity index (χ0v) is 22.9. The van der Waals surface area contributed by atoms with E-state index in [0.717, 1.165) is 12.5 Å². The van der Waals surface area contributed by atoms with Crippen molar-refractivity contribution in [3.63, 3.8) is 0 Å². The summed E-state index contributed by atoms with van der Waals surface area (Å²) < 4.78 is 16.5. The van der Waals surface area contributed by atoms with E-state index < -0.39 is 48.4 Å². The lowest BCUT2D eigenvalue weighted by Gasteiger charge is -2.49. The molecule has 216 valence electrons. The van der Waals surface area contributed by atoms with Gasteiger partial charge in [-0.05, 0) is 52.5 Å². The van der Waals surface area contributed by atoms with Crippen molar-refractivity contribution in [3.05, 3.63) is 36.0 Å². The van der Waals surface area contributed by atoms with Crippen molar-refractivity contribution in [2.75, 3.05) is 6.61 Å². The molecule has 0 radical (unpaired) electrons. The van der Waals surface area contributed by atoms with Gasteiger partial charge in [0.1, 0.15) is 30.0 Å². The van der Waals surface area contributed by atoms with E-state index in [9.17, 15) is 35.1 Å². The predicted molar refractivity (Wildman–Crippen MR) is 137 cm³/mol. The summed E-state index contributed by atoms with van der Waals surface area (Å²) in [4.78, 5) is 23.3. The minimum absolute atomic E-state index is 0.0899. The van der Waals surface area contributed by atoms with Crippen molar-refractivity contribution in [1.82, 2.24) is 5.32 Å². The Kier molecular flexibility index (Phi) is 11.2. The van der Waals surface area contributed by atoms with Crippen LogP contribution in [-0.2, 0) is 23.8 Å². The lowest BCUT2D eigenvalue weighted by atomic mass is 9.80. The van der Waals surface area contributed by atoms with Gasteiger partial charge in [-0.3, -0.25) is 9.59 Å². The second kappa shape index (κ2) is 13.3. The molecule has 38 heavy (non-hydrogen) atoms. The maximum atomic E-state index is 12.3.